The van der Waals surface area contributed by atoms with Crippen LogP contribution in [0.1, 0.15) is 18.1 Å². The maximum atomic E-state index is 6.02. The van der Waals surface area contributed by atoms with E-state index in [4.69, 9.17) is 28.9 Å². The molecule has 0 aliphatic heterocycles. The third-order valence-electron chi connectivity index (χ3n) is 2.75. The largest absolute Gasteiger partial charge is 0.328 e. The molecule has 1 unspecified atom stereocenters. The minimum atomic E-state index is 0.143. The molecule has 2 rings (SSSR count). The number of hydrogen-bond acceptors (Lipinski definition) is 3. The van der Waals surface area contributed by atoms with Crippen molar-refractivity contribution in [3.63, 3.8) is 0 Å². The second-order valence-electron chi connectivity index (χ2n) is 4.83. The summed E-state index contributed by atoms with van der Waals surface area (Å²) < 4.78 is 0. The van der Waals surface area contributed by atoms with Crippen molar-refractivity contribution in [2.45, 2.75) is 36.2 Å². The summed E-state index contributed by atoms with van der Waals surface area (Å²) in [6.45, 7) is 4.05. The Kier molecular flexibility index (Phi) is 5.33. The fourth-order valence-electron chi connectivity index (χ4n) is 1.86. The lowest BCUT2D eigenvalue weighted by Gasteiger charge is -2.09. The highest BCUT2D eigenvalue weighted by atomic mass is 35.5. The molecule has 0 aliphatic rings. The van der Waals surface area contributed by atoms with Gasteiger partial charge in [-0.1, -0.05) is 41.0 Å². The summed E-state index contributed by atoms with van der Waals surface area (Å²) in [7, 11) is 0. The third kappa shape index (κ3) is 4.13. The number of aryl methyl sites for hydroxylation is 1. The van der Waals surface area contributed by atoms with Crippen molar-refractivity contribution in [2.24, 2.45) is 5.73 Å². The van der Waals surface area contributed by atoms with Crippen LogP contribution in [0.2, 0.25) is 10.0 Å². The Hall–Kier alpha value is -0.740. The molecule has 0 spiro atoms. The molecular weight excluding hydrogens is 311 g/mol. The fraction of sp³-hybridized carbons (Fsp3) is 0.267. The summed E-state index contributed by atoms with van der Waals surface area (Å²) in [6.07, 6.45) is 2.72. The Morgan fingerprint density at radius 3 is 2.60 bits per heavy atom. The van der Waals surface area contributed by atoms with Gasteiger partial charge in [0, 0.05) is 17.1 Å². The summed E-state index contributed by atoms with van der Waals surface area (Å²) in [5, 5.41) is 2.09. The smallest absolute Gasteiger partial charge is 0.104 e. The van der Waals surface area contributed by atoms with Crippen molar-refractivity contribution in [2.75, 3.05) is 0 Å². The van der Waals surface area contributed by atoms with Crippen LogP contribution < -0.4 is 5.73 Å². The van der Waals surface area contributed by atoms with E-state index in [1.165, 1.54) is 0 Å². The second kappa shape index (κ2) is 6.81. The van der Waals surface area contributed by atoms with E-state index in [0.29, 0.717) is 10.0 Å². The zero-order valence-corrected chi connectivity index (χ0v) is 13.7. The summed E-state index contributed by atoms with van der Waals surface area (Å²) in [4.78, 5) is 5.53. The number of aromatic nitrogens is 1. The molecule has 2 nitrogen and oxygen atoms in total. The van der Waals surface area contributed by atoms with Gasteiger partial charge in [0.2, 0.25) is 0 Å². The molecule has 1 atom stereocenters. The lowest BCUT2D eigenvalue weighted by atomic mass is 10.1. The molecule has 1 aromatic heterocycles. The topological polar surface area (TPSA) is 38.9 Å². The molecule has 0 saturated carbocycles. The summed E-state index contributed by atoms with van der Waals surface area (Å²) in [5.41, 5.74) is 8.11. The molecule has 1 aromatic carbocycles. The highest BCUT2D eigenvalue weighted by Crippen LogP contribution is 2.33. The Balaban J connectivity index is 2.19. The first-order valence-corrected chi connectivity index (χ1v) is 7.87. The Labute approximate surface area is 133 Å². The maximum Gasteiger partial charge on any atom is 0.104 e. The van der Waals surface area contributed by atoms with Crippen molar-refractivity contribution in [3.05, 3.63) is 51.6 Å². The van der Waals surface area contributed by atoms with Gasteiger partial charge in [0.25, 0.3) is 0 Å². The molecule has 2 aromatic rings. The van der Waals surface area contributed by atoms with E-state index in [2.05, 4.69) is 18.0 Å². The number of nitrogens with two attached hydrogens (primary N) is 1. The number of pyridine rings is 1. The second-order valence-corrected chi connectivity index (χ2v) is 6.70. The molecule has 0 bridgehead atoms. The average molecular weight is 327 g/mol. The van der Waals surface area contributed by atoms with Gasteiger partial charge >= 0.3 is 0 Å². The summed E-state index contributed by atoms with van der Waals surface area (Å²) >= 11 is 13.5. The standard InChI is InChI=1S/C15H16Cl2N2S/c1-9-5-11(6-10(2)18)8-19-15(9)20-12-3-4-13(16)14(17)7-12/h3-5,7-8,10H,6,18H2,1-2H3. The van der Waals surface area contributed by atoms with Gasteiger partial charge in [0.05, 0.1) is 10.0 Å². The number of nitrogens with zero attached hydrogens (tertiary/aromatic N) is 1. The van der Waals surface area contributed by atoms with Crippen LogP contribution in [-0.2, 0) is 6.42 Å². The molecule has 5 heteroatoms. The molecule has 2 N–H and O–H groups in total. The third-order valence-corrected chi connectivity index (χ3v) is 4.60. The van der Waals surface area contributed by atoms with Crippen LogP contribution in [0, 0.1) is 6.92 Å². The highest BCUT2D eigenvalue weighted by Gasteiger charge is 2.07. The number of rotatable bonds is 4. The van der Waals surface area contributed by atoms with Gasteiger partial charge in [-0.3, -0.25) is 0 Å². The Morgan fingerprint density at radius 2 is 2.00 bits per heavy atom. The maximum absolute atomic E-state index is 6.02. The zero-order chi connectivity index (χ0) is 14.7. The van der Waals surface area contributed by atoms with Gasteiger partial charge < -0.3 is 5.73 Å². The minimum Gasteiger partial charge on any atom is -0.328 e. The number of benzene rings is 1. The molecule has 0 radical (unpaired) electrons. The first kappa shape index (κ1) is 15.6. The SMILES string of the molecule is Cc1cc(CC(C)N)cnc1Sc1ccc(Cl)c(Cl)c1. The van der Waals surface area contributed by atoms with E-state index in [1.54, 1.807) is 17.8 Å². The highest BCUT2D eigenvalue weighted by molar-refractivity contribution is 7.99. The Morgan fingerprint density at radius 1 is 1.25 bits per heavy atom. The minimum absolute atomic E-state index is 0.143. The van der Waals surface area contributed by atoms with E-state index >= 15 is 0 Å². The molecule has 0 saturated heterocycles. The zero-order valence-electron chi connectivity index (χ0n) is 11.4. The lowest BCUT2D eigenvalue weighted by Crippen LogP contribution is -2.17. The molecule has 20 heavy (non-hydrogen) atoms. The van der Waals surface area contributed by atoms with Crippen LogP contribution in [0.15, 0.2) is 40.4 Å². The van der Waals surface area contributed by atoms with Crippen LogP contribution in [0.5, 0.6) is 0 Å². The molecule has 1 heterocycles. The van der Waals surface area contributed by atoms with Crippen LogP contribution in [0.25, 0.3) is 0 Å². The van der Waals surface area contributed by atoms with Crippen LogP contribution in [-0.4, -0.2) is 11.0 Å². The fourth-order valence-corrected chi connectivity index (χ4v) is 3.09. The van der Waals surface area contributed by atoms with Crippen molar-refractivity contribution < 1.29 is 0 Å². The predicted octanol–water partition coefficient (Wildman–Crippen LogP) is 4.74. The number of hydrogen-bond donors (Lipinski definition) is 1. The van der Waals surface area contributed by atoms with Gasteiger partial charge in [-0.2, -0.15) is 0 Å². The van der Waals surface area contributed by atoms with Gasteiger partial charge in [-0.05, 0) is 49.6 Å². The van der Waals surface area contributed by atoms with E-state index in [1.807, 2.05) is 25.3 Å². The quantitative estimate of drug-likeness (QED) is 0.882. The van der Waals surface area contributed by atoms with Crippen LogP contribution in [0.4, 0.5) is 0 Å². The molecular formula is C15H16Cl2N2S. The van der Waals surface area contributed by atoms with Crippen molar-refractivity contribution in [1.82, 2.24) is 4.98 Å². The van der Waals surface area contributed by atoms with Crippen molar-refractivity contribution >= 4 is 35.0 Å². The summed E-state index contributed by atoms with van der Waals surface area (Å²) in [6, 6.07) is 7.87. The monoisotopic (exact) mass is 326 g/mol. The average Bonchev–Trinajstić information content (AvgIpc) is 2.36. The molecule has 106 valence electrons. The molecule has 0 amide bonds. The Bertz CT molecular complexity index is 615. The normalized spacial score (nSPS) is 12.4. The first-order chi connectivity index (χ1) is 9.45. The van der Waals surface area contributed by atoms with E-state index in [0.717, 1.165) is 27.5 Å². The van der Waals surface area contributed by atoms with Crippen molar-refractivity contribution in [3.8, 4) is 0 Å². The molecule has 0 fully saturated rings. The van der Waals surface area contributed by atoms with Gasteiger partial charge in [0.1, 0.15) is 5.03 Å². The van der Waals surface area contributed by atoms with E-state index in [-0.39, 0.29) is 6.04 Å². The first-order valence-electron chi connectivity index (χ1n) is 6.29. The van der Waals surface area contributed by atoms with Crippen LogP contribution in [0.3, 0.4) is 0 Å². The lowest BCUT2D eigenvalue weighted by molar-refractivity contribution is 0.733. The van der Waals surface area contributed by atoms with E-state index < -0.39 is 0 Å². The van der Waals surface area contributed by atoms with E-state index in [9.17, 15) is 0 Å². The molecule has 0 aliphatic carbocycles. The number of halogens is 2. The van der Waals surface area contributed by atoms with Crippen LogP contribution >= 0.6 is 35.0 Å². The predicted molar refractivity (Wildman–Crippen MR) is 86.9 cm³/mol. The van der Waals surface area contributed by atoms with Gasteiger partial charge in [-0.25, -0.2) is 4.98 Å². The summed E-state index contributed by atoms with van der Waals surface area (Å²) in [5.74, 6) is 0. The van der Waals surface area contributed by atoms with Crippen molar-refractivity contribution in [1.29, 1.82) is 0 Å². The van der Waals surface area contributed by atoms with Gasteiger partial charge in [-0.15, -0.1) is 0 Å². The van der Waals surface area contributed by atoms with Gasteiger partial charge in [0.15, 0.2) is 0 Å².